The minimum Gasteiger partial charge on any atom is -0.496 e. The molecule has 0 saturated carbocycles. The summed E-state index contributed by atoms with van der Waals surface area (Å²) in [6.45, 7) is 2.18. The number of nitrogens with one attached hydrogen (secondary N) is 2. The van der Waals surface area contributed by atoms with Crippen molar-refractivity contribution in [3.8, 4) is 16.3 Å². The van der Waals surface area contributed by atoms with Gasteiger partial charge in [0.05, 0.1) is 12.8 Å². The lowest BCUT2D eigenvalue weighted by atomic mass is 10.2. The average Bonchev–Trinajstić information content (AvgIpc) is 3.01. The Kier molecular flexibility index (Phi) is 4.95. The zero-order valence-electron chi connectivity index (χ0n) is 13.8. The van der Waals surface area contributed by atoms with Gasteiger partial charge in [0, 0.05) is 12.7 Å². The first-order valence-electron chi connectivity index (χ1n) is 7.65. The van der Waals surface area contributed by atoms with Gasteiger partial charge in [0.25, 0.3) is 11.5 Å². The summed E-state index contributed by atoms with van der Waals surface area (Å²) < 4.78 is 5.24. The quantitative estimate of drug-likeness (QED) is 0.737. The number of ether oxygens (including phenoxy) is 1. The number of thiazole rings is 1. The van der Waals surface area contributed by atoms with Gasteiger partial charge < -0.3 is 15.0 Å². The predicted molar refractivity (Wildman–Crippen MR) is 97.1 cm³/mol. The number of hydrogen-bond donors (Lipinski definition) is 2. The summed E-state index contributed by atoms with van der Waals surface area (Å²) in [5.41, 5.74) is 1.62. The number of benzene rings is 1. The average molecular weight is 355 g/mol. The molecule has 0 aliphatic rings. The maximum Gasteiger partial charge on any atom is 0.263 e. The summed E-state index contributed by atoms with van der Waals surface area (Å²) in [5, 5.41) is 3.34. The molecule has 3 aromatic rings. The van der Waals surface area contributed by atoms with E-state index in [1.807, 2.05) is 30.3 Å². The summed E-state index contributed by atoms with van der Waals surface area (Å²) in [6.07, 6.45) is 1.51. The lowest BCUT2D eigenvalue weighted by molar-refractivity contribution is 0.0954. The van der Waals surface area contributed by atoms with E-state index in [0.29, 0.717) is 33.4 Å². The second-order valence-electron chi connectivity index (χ2n) is 5.35. The van der Waals surface area contributed by atoms with E-state index < -0.39 is 0 Å². The Morgan fingerprint density at radius 3 is 2.76 bits per heavy atom. The zero-order valence-corrected chi connectivity index (χ0v) is 14.6. The molecule has 0 atom stereocenters. The molecule has 6 nitrogen and oxygen atoms in total. The number of aromatic amines is 1. The third kappa shape index (κ3) is 3.61. The number of carbonyl (C=O) groups excluding carboxylic acids is 1. The van der Waals surface area contributed by atoms with E-state index in [9.17, 15) is 9.59 Å². The summed E-state index contributed by atoms with van der Waals surface area (Å²) in [7, 11) is 1.49. The SMILES string of the molecule is COc1cc[nH]c(=O)c1-c1nc(C)c(C(=O)NCc2ccccc2)s1. The minimum atomic E-state index is -0.302. The normalized spacial score (nSPS) is 10.5. The molecule has 128 valence electrons. The van der Waals surface area contributed by atoms with Gasteiger partial charge in [-0.3, -0.25) is 9.59 Å². The van der Waals surface area contributed by atoms with Crippen LogP contribution in [0, 0.1) is 6.92 Å². The van der Waals surface area contributed by atoms with Gasteiger partial charge >= 0.3 is 0 Å². The van der Waals surface area contributed by atoms with E-state index in [-0.39, 0.29) is 11.5 Å². The fraction of sp³-hybridized carbons (Fsp3) is 0.167. The minimum absolute atomic E-state index is 0.212. The van der Waals surface area contributed by atoms with Crippen LogP contribution in [0.4, 0.5) is 0 Å². The summed E-state index contributed by atoms with van der Waals surface area (Å²) in [5.74, 6) is 0.213. The number of nitrogens with zero attached hydrogens (tertiary/aromatic N) is 1. The van der Waals surface area contributed by atoms with Crippen LogP contribution in [0.2, 0.25) is 0 Å². The number of rotatable bonds is 5. The van der Waals surface area contributed by atoms with Crippen LogP contribution in [0.5, 0.6) is 5.75 Å². The van der Waals surface area contributed by atoms with Crippen LogP contribution in [0.15, 0.2) is 47.4 Å². The van der Waals surface area contributed by atoms with Crippen LogP contribution in [0.25, 0.3) is 10.6 Å². The Morgan fingerprint density at radius 2 is 2.04 bits per heavy atom. The maximum atomic E-state index is 12.5. The largest absolute Gasteiger partial charge is 0.496 e. The molecule has 7 heteroatoms. The molecule has 2 aromatic heterocycles. The lowest BCUT2D eigenvalue weighted by Crippen LogP contribution is -2.22. The molecular formula is C18H17N3O3S. The van der Waals surface area contributed by atoms with Gasteiger partial charge in [-0.1, -0.05) is 30.3 Å². The van der Waals surface area contributed by atoms with E-state index in [0.717, 1.165) is 5.56 Å². The Hall–Kier alpha value is -2.93. The van der Waals surface area contributed by atoms with E-state index in [2.05, 4.69) is 15.3 Å². The molecule has 3 rings (SSSR count). The van der Waals surface area contributed by atoms with Gasteiger partial charge in [-0.15, -0.1) is 11.3 Å². The molecule has 0 bridgehead atoms. The standard InChI is InChI=1S/C18H17N3O3S/c1-11-15(17(23)20-10-12-6-4-3-5-7-12)25-18(21-11)14-13(24-2)8-9-19-16(14)22/h3-9H,10H2,1-2H3,(H,19,22)(H,20,23). The molecule has 25 heavy (non-hydrogen) atoms. The van der Waals surface area contributed by atoms with E-state index in [1.165, 1.54) is 24.6 Å². The zero-order chi connectivity index (χ0) is 17.8. The molecule has 0 aliphatic heterocycles. The monoisotopic (exact) mass is 355 g/mol. The van der Waals surface area contributed by atoms with Gasteiger partial charge in [0.1, 0.15) is 21.2 Å². The van der Waals surface area contributed by atoms with Crippen LogP contribution in [-0.4, -0.2) is 23.0 Å². The number of carbonyl (C=O) groups is 1. The summed E-state index contributed by atoms with van der Waals surface area (Å²) >= 11 is 1.18. The van der Waals surface area contributed by atoms with Crippen LogP contribution in [0.1, 0.15) is 20.9 Å². The van der Waals surface area contributed by atoms with Crippen molar-refractivity contribution in [3.63, 3.8) is 0 Å². The van der Waals surface area contributed by atoms with Crippen molar-refractivity contribution in [3.05, 3.63) is 69.1 Å². The van der Waals surface area contributed by atoms with Crippen molar-refractivity contribution in [1.82, 2.24) is 15.3 Å². The summed E-state index contributed by atoms with van der Waals surface area (Å²) in [6, 6.07) is 11.3. The molecular weight excluding hydrogens is 338 g/mol. The number of H-pyrrole nitrogens is 1. The van der Waals surface area contributed by atoms with E-state index in [1.54, 1.807) is 13.0 Å². The molecule has 2 N–H and O–H groups in total. The Bertz CT molecular complexity index is 948. The Morgan fingerprint density at radius 1 is 1.28 bits per heavy atom. The fourth-order valence-electron chi connectivity index (χ4n) is 2.41. The molecule has 2 heterocycles. The first-order chi connectivity index (χ1) is 12.1. The topological polar surface area (TPSA) is 84.1 Å². The molecule has 0 fully saturated rings. The van der Waals surface area contributed by atoms with Crippen molar-refractivity contribution in [2.24, 2.45) is 0 Å². The molecule has 0 aliphatic carbocycles. The predicted octanol–water partition coefficient (Wildman–Crippen LogP) is 2.75. The van der Waals surface area contributed by atoms with Crippen molar-refractivity contribution < 1.29 is 9.53 Å². The second-order valence-corrected chi connectivity index (χ2v) is 6.35. The van der Waals surface area contributed by atoms with Gasteiger partial charge in [0.2, 0.25) is 0 Å². The van der Waals surface area contributed by atoms with Crippen molar-refractivity contribution >= 4 is 17.2 Å². The molecule has 1 amide bonds. The molecule has 0 unspecified atom stereocenters. The third-order valence-corrected chi connectivity index (χ3v) is 4.83. The number of pyridine rings is 1. The highest BCUT2D eigenvalue weighted by atomic mass is 32.1. The number of aromatic nitrogens is 2. The number of amides is 1. The van der Waals surface area contributed by atoms with Gasteiger partial charge in [0.15, 0.2) is 0 Å². The van der Waals surface area contributed by atoms with Gasteiger partial charge in [-0.05, 0) is 18.6 Å². The van der Waals surface area contributed by atoms with Crippen LogP contribution < -0.4 is 15.6 Å². The highest BCUT2D eigenvalue weighted by Crippen LogP contribution is 2.31. The highest BCUT2D eigenvalue weighted by Gasteiger charge is 2.20. The highest BCUT2D eigenvalue weighted by molar-refractivity contribution is 7.17. The maximum absolute atomic E-state index is 12.5. The van der Waals surface area contributed by atoms with E-state index in [4.69, 9.17) is 4.74 Å². The van der Waals surface area contributed by atoms with Crippen LogP contribution in [-0.2, 0) is 6.54 Å². The van der Waals surface area contributed by atoms with Crippen molar-refractivity contribution in [2.75, 3.05) is 7.11 Å². The summed E-state index contributed by atoms with van der Waals surface area (Å²) in [4.78, 5) is 32.1. The van der Waals surface area contributed by atoms with Crippen molar-refractivity contribution in [1.29, 1.82) is 0 Å². The lowest BCUT2D eigenvalue weighted by Gasteiger charge is -2.04. The fourth-order valence-corrected chi connectivity index (χ4v) is 3.44. The first-order valence-corrected chi connectivity index (χ1v) is 8.47. The second kappa shape index (κ2) is 7.31. The molecule has 0 saturated heterocycles. The first kappa shape index (κ1) is 16.9. The van der Waals surface area contributed by atoms with Gasteiger partial charge in [-0.25, -0.2) is 4.98 Å². The Balaban J connectivity index is 1.86. The van der Waals surface area contributed by atoms with Crippen LogP contribution in [0.3, 0.4) is 0 Å². The number of methoxy groups -OCH3 is 1. The molecule has 1 aromatic carbocycles. The van der Waals surface area contributed by atoms with Crippen molar-refractivity contribution in [2.45, 2.75) is 13.5 Å². The molecule has 0 radical (unpaired) electrons. The van der Waals surface area contributed by atoms with Crippen LogP contribution >= 0.6 is 11.3 Å². The number of aryl methyl sites for hydroxylation is 1. The third-order valence-electron chi connectivity index (χ3n) is 3.66. The van der Waals surface area contributed by atoms with E-state index >= 15 is 0 Å². The molecule has 0 spiro atoms. The smallest absolute Gasteiger partial charge is 0.263 e. The van der Waals surface area contributed by atoms with Gasteiger partial charge in [-0.2, -0.15) is 0 Å². The Labute approximate surface area is 148 Å². The number of hydrogen-bond acceptors (Lipinski definition) is 5.